The molecule has 0 aromatic heterocycles. The fraction of sp³-hybridized carbons (Fsp3) is 0.595. The topological polar surface area (TPSA) is 54.0 Å². The standard InChI is InChI=1S/C37H53FO5Si/c1-28(2)42-35(39)23-15-7-6-14-22-31-32(33(38)26-34(31)43-36-24-16-17-25-40-36)27-41-44(37(3,4)5,29-18-10-8-11-19-29)30-20-12-9-13-21-30/h6,8-14,18-21,28,31-34,36H,7,15-17,22-27H2,1-5H3/b14-6-/t31-,32-,33+,34+,36?/m1/s1. The van der Waals surface area contributed by atoms with E-state index in [1.165, 1.54) is 10.4 Å². The molecule has 0 N–H and O–H groups in total. The van der Waals surface area contributed by atoms with E-state index in [4.69, 9.17) is 18.6 Å². The number of ether oxygens (including phenoxy) is 3. The van der Waals surface area contributed by atoms with Gasteiger partial charge in [0.05, 0.1) is 12.2 Å². The summed E-state index contributed by atoms with van der Waals surface area (Å²) >= 11 is 0. The molecular formula is C37H53FO5Si. The van der Waals surface area contributed by atoms with Crippen LogP contribution in [0.15, 0.2) is 72.8 Å². The average Bonchev–Trinajstić information content (AvgIpc) is 3.28. The summed E-state index contributed by atoms with van der Waals surface area (Å²) in [7, 11) is -2.81. The zero-order valence-corrected chi connectivity index (χ0v) is 28.4. The van der Waals surface area contributed by atoms with Crippen LogP contribution in [0, 0.1) is 11.8 Å². The summed E-state index contributed by atoms with van der Waals surface area (Å²) in [6.45, 7) is 11.5. The first-order valence-corrected chi connectivity index (χ1v) is 18.5. The third-order valence-corrected chi connectivity index (χ3v) is 14.0. The molecule has 5 nitrogen and oxygen atoms in total. The number of unbranched alkanes of at least 4 members (excludes halogenated alkanes) is 1. The molecule has 1 heterocycles. The van der Waals surface area contributed by atoms with Crippen molar-refractivity contribution in [3.05, 3.63) is 72.8 Å². The van der Waals surface area contributed by atoms with Gasteiger partial charge in [0.1, 0.15) is 6.17 Å². The fourth-order valence-corrected chi connectivity index (χ4v) is 11.5. The van der Waals surface area contributed by atoms with E-state index in [1.807, 2.05) is 26.0 Å². The summed E-state index contributed by atoms with van der Waals surface area (Å²) in [5, 5.41) is 2.21. The Labute approximate surface area is 265 Å². The molecule has 1 aliphatic carbocycles. The Balaban J connectivity index is 1.54. The Hall–Kier alpha value is -2.32. The largest absolute Gasteiger partial charge is 0.463 e. The number of allylic oxidation sites excluding steroid dienone is 2. The molecule has 1 unspecified atom stereocenters. The smallest absolute Gasteiger partial charge is 0.306 e. The van der Waals surface area contributed by atoms with Crippen molar-refractivity contribution in [2.24, 2.45) is 11.8 Å². The van der Waals surface area contributed by atoms with Crippen molar-refractivity contribution in [2.45, 2.75) is 116 Å². The summed E-state index contributed by atoms with van der Waals surface area (Å²) < 4.78 is 40.9. The molecule has 0 bridgehead atoms. The van der Waals surface area contributed by atoms with Crippen LogP contribution in [0.3, 0.4) is 0 Å². The van der Waals surface area contributed by atoms with E-state index < -0.39 is 14.5 Å². The summed E-state index contributed by atoms with van der Waals surface area (Å²) in [5.74, 6) is -0.488. The molecule has 2 aromatic carbocycles. The third-order valence-electron chi connectivity index (χ3n) is 9.02. The number of alkyl halides is 1. The van der Waals surface area contributed by atoms with E-state index in [9.17, 15) is 4.79 Å². The second-order valence-corrected chi connectivity index (χ2v) is 18.0. The van der Waals surface area contributed by atoms with E-state index in [0.29, 0.717) is 32.5 Å². The Kier molecular flexibility index (Phi) is 12.8. The minimum absolute atomic E-state index is 0.0316. The van der Waals surface area contributed by atoms with Crippen LogP contribution < -0.4 is 10.4 Å². The van der Waals surface area contributed by atoms with Crippen LogP contribution in [0.2, 0.25) is 5.04 Å². The van der Waals surface area contributed by atoms with Crippen LogP contribution in [0.25, 0.3) is 0 Å². The molecule has 2 aromatic rings. The lowest BCUT2D eigenvalue weighted by molar-refractivity contribution is -0.196. The highest BCUT2D eigenvalue weighted by Crippen LogP contribution is 2.43. The molecule has 0 radical (unpaired) electrons. The number of hydrogen-bond donors (Lipinski definition) is 0. The molecule has 242 valence electrons. The number of carbonyl (C=O) groups excluding carboxylic acids is 1. The van der Waals surface area contributed by atoms with Crippen LogP contribution in [-0.4, -0.2) is 52.2 Å². The molecule has 4 rings (SSSR count). The van der Waals surface area contributed by atoms with Gasteiger partial charge in [-0.3, -0.25) is 4.79 Å². The van der Waals surface area contributed by atoms with Gasteiger partial charge in [0, 0.05) is 32.0 Å². The highest BCUT2D eigenvalue weighted by molar-refractivity contribution is 6.99. The van der Waals surface area contributed by atoms with E-state index in [2.05, 4.69) is 81.5 Å². The third kappa shape index (κ3) is 8.90. The molecule has 1 saturated carbocycles. The molecule has 0 spiro atoms. The first-order valence-electron chi connectivity index (χ1n) is 16.6. The van der Waals surface area contributed by atoms with Crippen molar-refractivity contribution in [1.29, 1.82) is 0 Å². The van der Waals surface area contributed by atoms with Crippen LogP contribution in [-0.2, 0) is 23.4 Å². The normalized spacial score (nSPS) is 24.7. The lowest BCUT2D eigenvalue weighted by Crippen LogP contribution is -2.67. The lowest BCUT2D eigenvalue weighted by Gasteiger charge is -2.44. The minimum atomic E-state index is -2.81. The summed E-state index contributed by atoms with van der Waals surface area (Å²) in [6, 6.07) is 21.1. The Morgan fingerprint density at radius 1 is 1.00 bits per heavy atom. The summed E-state index contributed by atoms with van der Waals surface area (Å²) in [6.07, 6.45) is 8.57. The van der Waals surface area contributed by atoms with Crippen molar-refractivity contribution in [3.8, 4) is 0 Å². The molecule has 1 aliphatic heterocycles. The number of benzene rings is 2. The van der Waals surface area contributed by atoms with Gasteiger partial charge in [0.15, 0.2) is 6.29 Å². The van der Waals surface area contributed by atoms with Gasteiger partial charge in [0.2, 0.25) is 0 Å². The second kappa shape index (κ2) is 16.3. The highest BCUT2D eigenvalue weighted by atomic mass is 28.4. The van der Waals surface area contributed by atoms with Crippen molar-refractivity contribution >= 4 is 24.7 Å². The number of halogens is 1. The SMILES string of the molecule is CC(C)OC(=O)CCC/C=C\C[C@@H]1[C@@H](CO[Si](c2ccccc2)(c2ccccc2)C(C)(C)C)[C@@H](F)C[C@@H]1OC1CCCCO1. The average molecular weight is 625 g/mol. The van der Waals surface area contributed by atoms with Gasteiger partial charge < -0.3 is 18.6 Å². The Bertz CT molecular complexity index is 1120. The molecule has 5 atom stereocenters. The summed E-state index contributed by atoms with van der Waals surface area (Å²) in [4.78, 5) is 11.9. The monoisotopic (exact) mass is 624 g/mol. The maximum atomic E-state index is 16.1. The van der Waals surface area contributed by atoms with Crippen molar-refractivity contribution < 1.29 is 27.8 Å². The predicted molar refractivity (Wildman–Crippen MR) is 177 cm³/mol. The van der Waals surface area contributed by atoms with Gasteiger partial charge in [-0.15, -0.1) is 0 Å². The predicted octanol–water partition coefficient (Wildman–Crippen LogP) is 7.52. The van der Waals surface area contributed by atoms with Gasteiger partial charge >= 0.3 is 5.97 Å². The first kappa shape index (κ1) is 34.5. The minimum Gasteiger partial charge on any atom is -0.463 e. The van der Waals surface area contributed by atoms with Gasteiger partial charge in [-0.05, 0) is 73.7 Å². The van der Waals surface area contributed by atoms with Gasteiger partial charge in [-0.1, -0.05) is 93.6 Å². The molecule has 0 amide bonds. The van der Waals surface area contributed by atoms with E-state index in [0.717, 1.165) is 32.1 Å². The maximum Gasteiger partial charge on any atom is 0.306 e. The quantitative estimate of drug-likeness (QED) is 0.0942. The van der Waals surface area contributed by atoms with Crippen LogP contribution in [0.5, 0.6) is 0 Å². The van der Waals surface area contributed by atoms with E-state index in [-0.39, 0.29) is 41.3 Å². The molecule has 2 aliphatic rings. The Morgan fingerprint density at radius 3 is 2.23 bits per heavy atom. The molecule has 2 fully saturated rings. The van der Waals surface area contributed by atoms with Crippen molar-refractivity contribution in [2.75, 3.05) is 13.2 Å². The zero-order chi connectivity index (χ0) is 31.6. The summed E-state index contributed by atoms with van der Waals surface area (Å²) in [5.41, 5.74) is 0. The first-order chi connectivity index (χ1) is 21.1. The second-order valence-electron chi connectivity index (χ2n) is 13.7. The van der Waals surface area contributed by atoms with Crippen LogP contribution in [0.1, 0.15) is 86.0 Å². The van der Waals surface area contributed by atoms with E-state index in [1.54, 1.807) is 0 Å². The van der Waals surface area contributed by atoms with Gasteiger partial charge in [-0.25, -0.2) is 4.39 Å². The fourth-order valence-electron chi connectivity index (χ4n) is 6.88. The number of esters is 1. The number of rotatable bonds is 14. The lowest BCUT2D eigenvalue weighted by atomic mass is 9.91. The van der Waals surface area contributed by atoms with Gasteiger partial charge in [0.25, 0.3) is 8.32 Å². The number of hydrogen-bond acceptors (Lipinski definition) is 5. The zero-order valence-electron chi connectivity index (χ0n) is 27.4. The Morgan fingerprint density at radius 2 is 1.66 bits per heavy atom. The highest BCUT2D eigenvalue weighted by Gasteiger charge is 2.52. The van der Waals surface area contributed by atoms with E-state index >= 15 is 4.39 Å². The van der Waals surface area contributed by atoms with Crippen LogP contribution >= 0.6 is 0 Å². The number of carbonyl (C=O) groups is 1. The molecule has 44 heavy (non-hydrogen) atoms. The van der Waals surface area contributed by atoms with Crippen molar-refractivity contribution in [1.82, 2.24) is 0 Å². The molecule has 7 heteroatoms. The van der Waals surface area contributed by atoms with Crippen LogP contribution in [0.4, 0.5) is 4.39 Å². The molecular weight excluding hydrogens is 571 g/mol. The maximum absolute atomic E-state index is 16.1. The molecule has 1 saturated heterocycles. The van der Waals surface area contributed by atoms with Crippen molar-refractivity contribution in [3.63, 3.8) is 0 Å². The van der Waals surface area contributed by atoms with Gasteiger partial charge in [-0.2, -0.15) is 0 Å².